The van der Waals surface area contributed by atoms with Crippen LogP contribution in [-0.4, -0.2) is 58.5 Å². The summed E-state index contributed by atoms with van der Waals surface area (Å²) in [5.41, 5.74) is -1.15. The van der Waals surface area contributed by atoms with Gasteiger partial charge in [-0.15, -0.1) is 0 Å². The summed E-state index contributed by atoms with van der Waals surface area (Å²) >= 11 is 1.41. The van der Waals surface area contributed by atoms with Crippen LogP contribution in [0.3, 0.4) is 0 Å². The molecular formula is C11H19N3O5S2. The Balaban J connectivity index is 2.68. The molecule has 0 fully saturated rings. The van der Waals surface area contributed by atoms with Gasteiger partial charge in [-0.2, -0.15) is 16.9 Å². The largest absolute Gasteiger partial charge is 0.481 e. The van der Waals surface area contributed by atoms with Crippen molar-refractivity contribution >= 4 is 27.8 Å². The summed E-state index contributed by atoms with van der Waals surface area (Å²) in [6.45, 7) is 1.52. The molecule has 10 heteroatoms. The quantitative estimate of drug-likeness (QED) is 0.568. The molecule has 1 aromatic heterocycles. The smallest absolute Gasteiger partial charge is 0.305 e. The summed E-state index contributed by atoms with van der Waals surface area (Å²) in [6.07, 6.45) is 4.08. The SMILES string of the molecule is CSCC(C)(O)CNS(=O)(=O)c1cnn(CCC(=O)O)c1. The van der Waals surface area contributed by atoms with Gasteiger partial charge in [0, 0.05) is 18.5 Å². The number of aromatic nitrogens is 2. The second-order valence-corrected chi connectivity index (χ2v) is 7.47. The second kappa shape index (κ2) is 7.25. The van der Waals surface area contributed by atoms with Gasteiger partial charge in [-0.1, -0.05) is 0 Å². The van der Waals surface area contributed by atoms with Crippen LogP contribution in [0.2, 0.25) is 0 Å². The minimum absolute atomic E-state index is 0.0622. The maximum Gasteiger partial charge on any atom is 0.305 e. The molecule has 0 aliphatic rings. The summed E-state index contributed by atoms with van der Waals surface area (Å²) in [5.74, 6) is -0.589. The molecule has 0 bridgehead atoms. The number of aliphatic hydroxyl groups is 1. The summed E-state index contributed by atoms with van der Waals surface area (Å²) in [6, 6.07) is 0. The zero-order valence-corrected chi connectivity index (χ0v) is 13.4. The van der Waals surface area contributed by atoms with E-state index in [1.807, 2.05) is 6.26 Å². The van der Waals surface area contributed by atoms with Crippen LogP contribution in [0.25, 0.3) is 0 Å². The number of carboxylic acids is 1. The Hall–Kier alpha value is -1.10. The summed E-state index contributed by atoms with van der Waals surface area (Å²) in [4.78, 5) is 10.4. The normalized spacial score (nSPS) is 14.8. The van der Waals surface area contributed by atoms with Gasteiger partial charge in [0.1, 0.15) is 4.90 Å². The fraction of sp³-hybridized carbons (Fsp3) is 0.636. The predicted molar refractivity (Wildman–Crippen MR) is 78.7 cm³/mol. The lowest BCUT2D eigenvalue weighted by Gasteiger charge is -2.22. The Kier molecular flexibility index (Phi) is 6.20. The molecule has 0 saturated carbocycles. The first-order chi connectivity index (χ1) is 9.66. The molecule has 0 spiro atoms. The first kappa shape index (κ1) is 18.0. The third-order valence-electron chi connectivity index (χ3n) is 2.57. The molecule has 3 N–H and O–H groups in total. The van der Waals surface area contributed by atoms with E-state index in [2.05, 4.69) is 9.82 Å². The third kappa shape index (κ3) is 6.04. The van der Waals surface area contributed by atoms with Crippen molar-refractivity contribution < 1.29 is 23.4 Å². The zero-order valence-electron chi connectivity index (χ0n) is 11.8. The van der Waals surface area contributed by atoms with Crippen molar-refractivity contribution in [3.8, 4) is 0 Å². The standard InChI is InChI=1S/C11H19N3O5S2/c1-11(17,8-20-2)7-13-21(18,19)9-5-12-14(6-9)4-3-10(15)16/h5-6,13,17H,3-4,7-8H2,1-2H3,(H,15,16). The van der Waals surface area contributed by atoms with Crippen molar-refractivity contribution in [2.75, 3.05) is 18.6 Å². The van der Waals surface area contributed by atoms with Gasteiger partial charge >= 0.3 is 5.97 Å². The minimum atomic E-state index is -3.78. The number of rotatable bonds is 9. The Labute approximate surface area is 127 Å². The summed E-state index contributed by atoms with van der Waals surface area (Å²) in [7, 11) is -3.78. The number of aliphatic carboxylic acids is 1. The molecule has 0 aromatic carbocycles. The highest BCUT2D eigenvalue weighted by Gasteiger charge is 2.24. The predicted octanol–water partition coefficient (Wildman–Crippen LogP) is -0.250. The topological polar surface area (TPSA) is 122 Å². The number of hydrogen-bond acceptors (Lipinski definition) is 6. The molecule has 1 unspecified atom stereocenters. The van der Waals surface area contributed by atoms with Crippen molar-refractivity contribution in [2.45, 2.75) is 30.4 Å². The van der Waals surface area contributed by atoms with Gasteiger partial charge in [0.25, 0.3) is 0 Å². The van der Waals surface area contributed by atoms with Crippen molar-refractivity contribution in [3.63, 3.8) is 0 Å². The average Bonchev–Trinajstić information content (AvgIpc) is 2.84. The molecule has 0 amide bonds. The van der Waals surface area contributed by atoms with E-state index < -0.39 is 21.6 Å². The summed E-state index contributed by atoms with van der Waals surface area (Å²) in [5, 5.41) is 22.3. The van der Waals surface area contributed by atoms with Crippen molar-refractivity contribution in [3.05, 3.63) is 12.4 Å². The van der Waals surface area contributed by atoms with E-state index in [4.69, 9.17) is 5.11 Å². The number of hydrogen-bond donors (Lipinski definition) is 3. The molecule has 21 heavy (non-hydrogen) atoms. The number of thioether (sulfide) groups is 1. The first-order valence-electron chi connectivity index (χ1n) is 6.11. The molecule has 120 valence electrons. The van der Waals surface area contributed by atoms with Crippen LogP contribution in [0.4, 0.5) is 0 Å². The third-order valence-corrected chi connectivity index (χ3v) is 4.84. The summed E-state index contributed by atoms with van der Waals surface area (Å²) < 4.78 is 27.6. The fourth-order valence-electron chi connectivity index (χ4n) is 1.51. The Bertz CT molecular complexity index is 582. The minimum Gasteiger partial charge on any atom is -0.481 e. The number of sulfonamides is 1. The Morgan fingerprint density at radius 1 is 1.57 bits per heavy atom. The van der Waals surface area contributed by atoms with Crippen LogP contribution in [0, 0.1) is 0 Å². The van der Waals surface area contributed by atoms with Gasteiger partial charge in [0.05, 0.1) is 24.8 Å². The number of carbonyl (C=O) groups is 1. The molecule has 0 saturated heterocycles. The second-order valence-electron chi connectivity index (χ2n) is 4.84. The molecule has 0 aliphatic heterocycles. The van der Waals surface area contributed by atoms with Crippen LogP contribution >= 0.6 is 11.8 Å². The van der Waals surface area contributed by atoms with E-state index in [0.717, 1.165) is 6.20 Å². The van der Waals surface area contributed by atoms with Crippen LogP contribution in [0.5, 0.6) is 0 Å². The number of aryl methyl sites for hydroxylation is 1. The molecule has 1 aromatic rings. The van der Waals surface area contributed by atoms with Crippen molar-refractivity contribution in [1.82, 2.24) is 14.5 Å². The van der Waals surface area contributed by atoms with Crippen LogP contribution in [-0.2, 0) is 21.4 Å². The highest BCUT2D eigenvalue weighted by atomic mass is 32.2. The molecule has 8 nitrogen and oxygen atoms in total. The van der Waals surface area contributed by atoms with Crippen LogP contribution in [0.15, 0.2) is 17.3 Å². The van der Waals surface area contributed by atoms with E-state index >= 15 is 0 Å². The van der Waals surface area contributed by atoms with Crippen LogP contribution in [0.1, 0.15) is 13.3 Å². The van der Waals surface area contributed by atoms with E-state index in [9.17, 15) is 18.3 Å². The van der Waals surface area contributed by atoms with E-state index in [-0.39, 0.29) is 24.4 Å². The number of nitrogens with zero attached hydrogens (tertiary/aromatic N) is 2. The number of nitrogens with one attached hydrogen (secondary N) is 1. The lowest BCUT2D eigenvalue weighted by molar-refractivity contribution is -0.137. The molecule has 1 atom stereocenters. The van der Waals surface area contributed by atoms with Gasteiger partial charge in [0.15, 0.2) is 0 Å². The van der Waals surface area contributed by atoms with Gasteiger partial charge < -0.3 is 10.2 Å². The fourth-order valence-corrected chi connectivity index (χ4v) is 3.35. The van der Waals surface area contributed by atoms with Gasteiger partial charge in [0.2, 0.25) is 10.0 Å². The van der Waals surface area contributed by atoms with Crippen molar-refractivity contribution in [1.29, 1.82) is 0 Å². The Morgan fingerprint density at radius 2 is 2.24 bits per heavy atom. The van der Waals surface area contributed by atoms with E-state index in [1.54, 1.807) is 6.92 Å². The lowest BCUT2D eigenvalue weighted by Crippen LogP contribution is -2.42. The highest BCUT2D eigenvalue weighted by molar-refractivity contribution is 7.98. The first-order valence-corrected chi connectivity index (χ1v) is 8.99. The molecule has 1 heterocycles. The van der Waals surface area contributed by atoms with Gasteiger partial charge in [-0.3, -0.25) is 9.48 Å². The highest BCUT2D eigenvalue weighted by Crippen LogP contribution is 2.12. The molecule has 0 aliphatic carbocycles. The maximum absolute atomic E-state index is 12.0. The lowest BCUT2D eigenvalue weighted by atomic mass is 10.1. The van der Waals surface area contributed by atoms with E-state index in [0.29, 0.717) is 5.75 Å². The molecule has 0 radical (unpaired) electrons. The van der Waals surface area contributed by atoms with E-state index in [1.165, 1.54) is 22.6 Å². The molecule has 1 rings (SSSR count). The average molecular weight is 337 g/mol. The van der Waals surface area contributed by atoms with Gasteiger partial charge in [-0.05, 0) is 13.2 Å². The maximum atomic E-state index is 12.0. The monoisotopic (exact) mass is 337 g/mol. The Morgan fingerprint density at radius 3 is 2.81 bits per heavy atom. The van der Waals surface area contributed by atoms with Gasteiger partial charge in [-0.25, -0.2) is 13.1 Å². The number of carboxylic acid groups (broad SMARTS) is 1. The van der Waals surface area contributed by atoms with Crippen LogP contribution < -0.4 is 4.72 Å². The van der Waals surface area contributed by atoms with Crippen molar-refractivity contribution in [2.24, 2.45) is 0 Å². The molecular weight excluding hydrogens is 318 g/mol. The zero-order chi connectivity index (χ0) is 16.1.